The van der Waals surface area contributed by atoms with E-state index in [0.717, 1.165) is 5.56 Å². The van der Waals surface area contributed by atoms with E-state index in [1.807, 2.05) is 20.8 Å². The van der Waals surface area contributed by atoms with Gasteiger partial charge in [-0.3, -0.25) is 4.79 Å². The highest BCUT2D eigenvalue weighted by molar-refractivity contribution is 5.77. The van der Waals surface area contributed by atoms with Crippen LogP contribution in [0.2, 0.25) is 0 Å². The lowest BCUT2D eigenvalue weighted by molar-refractivity contribution is -0.122. The molecule has 4 heteroatoms. The average Bonchev–Trinajstić information content (AvgIpc) is 2.25. The molecule has 18 heavy (non-hydrogen) atoms. The summed E-state index contributed by atoms with van der Waals surface area (Å²) in [6.07, 6.45) is 0.319. The molecule has 1 unspecified atom stereocenters. The molecule has 0 aromatic heterocycles. The fourth-order valence-electron chi connectivity index (χ4n) is 1.77. The van der Waals surface area contributed by atoms with Gasteiger partial charge in [-0.1, -0.05) is 12.1 Å². The molecule has 1 aromatic carbocycles. The van der Waals surface area contributed by atoms with E-state index in [0.29, 0.717) is 13.0 Å². The van der Waals surface area contributed by atoms with E-state index < -0.39 is 0 Å². The van der Waals surface area contributed by atoms with Gasteiger partial charge in [-0.25, -0.2) is 4.39 Å². The molecule has 0 aliphatic heterocycles. The Labute approximate surface area is 108 Å². The normalized spacial score (nSPS) is 13.2. The molecule has 0 saturated heterocycles. The van der Waals surface area contributed by atoms with Crippen LogP contribution in [0.15, 0.2) is 24.3 Å². The van der Waals surface area contributed by atoms with Crippen molar-refractivity contribution in [2.75, 3.05) is 6.54 Å². The Balaban J connectivity index is 2.68. The first-order valence-electron chi connectivity index (χ1n) is 6.08. The van der Waals surface area contributed by atoms with Crippen LogP contribution in [0, 0.1) is 5.82 Å². The maximum atomic E-state index is 12.8. The molecule has 0 fully saturated rings. The van der Waals surface area contributed by atoms with Crippen molar-refractivity contribution in [3.05, 3.63) is 35.6 Å². The van der Waals surface area contributed by atoms with Crippen molar-refractivity contribution in [2.24, 2.45) is 5.73 Å². The van der Waals surface area contributed by atoms with Crippen molar-refractivity contribution in [3.63, 3.8) is 0 Å². The predicted molar refractivity (Wildman–Crippen MR) is 70.7 cm³/mol. The summed E-state index contributed by atoms with van der Waals surface area (Å²) in [5, 5.41) is 2.90. The van der Waals surface area contributed by atoms with Crippen LogP contribution in [0.3, 0.4) is 0 Å². The molecular weight excluding hydrogens is 231 g/mol. The van der Waals surface area contributed by atoms with Gasteiger partial charge in [-0.2, -0.15) is 0 Å². The highest BCUT2D eigenvalue weighted by Crippen LogP contribution is 2.19. The third kappa shape index (κ3) is 4.84. The van der Waals surface area contributed by atoms with Crippen molar-refractivity contribution in [3.8, 4) is 0 Å². The van der Waals surface area contributed by atoms with E-state index in [4.69, 9.17) is 5.73 Å². The standard InChI is InChI=1S/C14H21FN2O/c1-14(2,3)17-13(18)8-11(9-16)10-4-6-12(15)7-5-10/h4-7,11H,8-9,16H2,1-3H3,(H,17,18). The van der Waals surface area contributed by atoms with Crippen LogP contribution in [-0.4, -0.2) is 18.0 Å². The van der Waals surface area contributed by atoms with E-state index in [9.17, 15) is 9.18 Å². The lowest BCUT2D eigenvalue weighted by Gasteiger charge is -2.22. The third-order valence-corrected chi connectivity index (χ3v) is 2.57. The van der Waals surface area contributed by atoms with Gasteiger partial charge in [0.15, 0.2) is 0 Å². The van der Waals surface area contributed by atoms with E-state index in [1.54, 1.807) is 12.1 Å². The van der Waals surface area contributed by atoms with Crippen LogP contribution in [0.5, 0.6) is 0 Å². The zero-order valence-corrected chi connectivity index (χ0v) is 11.2. The van der Waals surface area contributed by atoms with Gasteiger partial charge in [0.05, 0.1) is 0 Å². The van der Waals surface area contributed by atoms with Crippen molar-refractivity contribution >= 4 is 5.91 Å². The minimum atomic E-state index is -0.284. The Morgan fingerprint density at radius 1 is 1.33 bits per heavy atom. The summed E-state index contributed by atoms with van der Waals surface area (Å²) in [4.78, 5) is 11.8. The van der Waals surface area contributed by atoms with Gasteiger partial charge in [-0.05, 0) is 45.0 Å². The Bertz CT molecular complexity index is 395. The molecule has 0 bridgehead atoms. The lowest BCUT2D eigenvalue weighted by Crippen LogP contribution is -2.41. The number of carbonyl (C=O) groups excluding carboxylic acids is 1. The van der Waals surface area contributed by atoms with Gasteiger partial charge in [0, 0.05) is 17.9 Å². The first kappa shape index (κ1) is 14.6. The Morgan fingerprint density at radius 3 is 2.33 bits per heavy atom. The Kier molecular flexibility index (Phi) is 4.84. The molecular formula is C14H21FN2O. The molecule has 100 valence electrons. The van der Waals surface area contributed by atoms with Crippen LogP contribution in [0.25, 0.3) is 0 Å². The van der Waals surface area contributed by atoms with Gasteiger partial charge in [-0.15, -0.1) is 0 Å². The largest absolute Gasteiger partial charge is 0.351 e. The van der Waals surface area contributed by atoms with Crippen LogP contribution >= 0.6 is 0 Å². The summed E-state index contributed by atoms with van der Waals surface area (Å²) < 4.78 is 12.8. The molecule has 1 rings (SSSR count). The summed E-state index contributed by atoms with van der Waals surface area (Å²) in [6, 6.07) is 6.13. The molecule has 3 nitrogen and oxygen atoms in total. The number of rotatable bonds is 4. The molecule has 0 radical (unpaired) electrons. The van der Waals surface area contributed by atoms with Gasteiger partial charge < -0.3 is 11.1 Å². The monoisotopic (exact) mass is 252 g/mol. The average molecular weight is 252 g/mol. The SMILES string of the molecule is CC(C)(C)NC(=O)CC(CN)c1ccc(F)cc1. The van der Waals surface area contributed by atoms with E-state index in [1.165, 1.54) is 12.1 Å². The van der Waals surface area contributed by atoms with Crippen LogP contribution in [0.1, 0.15) is 38.7 Å². The number of nitrogens with one attached hydrogen (secondary N) is 1. The second kappa shape index (κ2) is 5.96. The van der Waals surface area contributed by atoms with Crippen molar-refractivity contribution in [1.29, 1.82) is 0 Å². The molecule has 3 N–H and O–H groups in total. The summed E-state index contributed by atoms with van der Waals surface area (Å²) >= 11 is 0. The van der Waals surface area contributed by atoms with Gasteiger partial charge in [0.1, 0.15) is 5.82 Å². The molecule has 0 aliphatic carbocycles. The molecule has 1 aromatic rings. The molecule has 0 heterocycles. The molecule has 0 spiro atoms. The number of carbonyl (C=O) groups is 1. The Hall–Kier alpha value is -1.42. The minimum absolute atomic E-state index is 0.0396. The molecule has 0 aliphatic rings. The van der Waals surface area contributed by atoms with E-state index >= 15 is 0 Å². The summed E-state index contributed by atoms with van der Waals surface area (Å²) in [7, 11) is 0. The maximum Gasteiger partial charge on any atom is 0.221 e. The molecule has 0 saturated carbocycles. The zero-order chi connectivity index (χ0) is 13.8. The number of amides is 1. The third-order valence-electron chi connectivity index (χ3n) is 2.57. The highest BCUT2D eigenvalue weighted by atomic mass is 19.1. The van der Waals surface area contributed by atoms with Crippen LogP contribution in [0.4, 0.5) is 4.39 Å². The minimum Gasteiger partial charge on any atom is -0.351 e. The second-order valence-corrected chi connectivity index (χ2v) is 5.49. The smallest absolute Gasteiger partial charge is 0.221 e. The van der Waals surface area contributed by atoms with Crippen molar-refractivity contribution in [2.45, 2.75) is 38.6 Å². The zero-order valence-electron chi connectivity index (χ0n) is 11.2. The predicted octanol–water partition coefficient (Wildman–Crippen LogP) is 2.17. The van der Waals surface area contributed by atoms with Crippen molar-refractivity contribution < 1.29 is 9.18 Å². The topological polar surface area (TPSA) is 55.1 Å². The van der Waals surface area contributed by atoms with Crippen molar-refractivity contribution in [1.82, 2.24) is 5.32 Å². The number of hydrogen-bond donors (Lipinski definition) is 2. The summed E-state index contributed by atoms with van der Waals surface area (Å²) in [5.41, 5.74) is 6.32. The molecule has 1 amide bonds. The first-order chi connectivity index (χ1) is 8.31. The fraction of sp³-hybridized carbons (Fsp3) is 0.500. The number of nitrogens with two attached hydrogens (primary N) is 1. The first-order valence-corrected chi connectivity index (χ1v) is 6.08. The number of hydrogen-bond acceptors (Lipinski definition) is 2. The summed E-state index contributed by atoms with van der Waals surface area (Å²) in [5.74, 6) is -0.399. The maximum absolute atomic E-state index is 12.8. The lowest BCUT2D eigenvalue weighted by atomic mass is 9.95. The quantitative estimate of drug-likeness (QED) is 0.863. The number of benzene rings is 1. The second-order valence-electron chi connectivity index (χ2n) is 5.49. The van der Waals surface area contributed by atoms with Crippen LogP contribution in [-0.2, 0) is 4.79 Å². The van der Waals surface area contributed by atoms with Gasteiger partial charge in [0.25, 0.3) is 0 Å². The highest BCUT2D eigenvalue weighted by Gasteiger charge is 2.18. The Morgan fingerprint density at radius 2 is 1.89 bits per heavy atom. The van der Waals surface area contributed by atoms with Crippen LogP contribution < -0.4 is 11.1 Å². The number of halogens is 1. The van der Waals surface area contributed by atoms with E-state index in [2.05, 4.69) is 5.32 Å². The molecule has 1 atom stereocenters. The fourth-order valence-corrected chi connectivity index (χ4v) is 1.77. The van der Waals surface area contributed by atoms with E-state index in [-0.39, 0.29) is 23.2 Å². The summed E-state index contributed by atoms with van der Waals surface area (Å²) in [6.45, 7) is 6.16. The van der Waals surface area contributed by atoms with Gasteiger partial charge in [0.2, 0.25) is 5.91 Å². The van der Waals surface area contributed by atoms with Gasteiger partial charge >= 0.3 is 0 Å².